The molecule has 0 heterocycles. The number of ether oxygens (including phenoxy) is 1. The van der Waals surface area contributed by atoms with Crippen LogP contribution in [0.4, 0.5) is 0 Å². The van der Waals surface area contributed by atoms with Crippen molar-refractivity contribution >= 4 is 32.7 Å². The molecule has 2 aromatic rings. The number of carboxylic acid groups (broad SMARTS) is 1. The highest BCUT2D eigenvalue weighted by Crippen LogP contribution is 2.23. The number of aromatic carboxylic acids is 1. The summed E-state index contributed by atoms with van der Waals surface area (Å²) in [5.74, 6) is -0.0366. The van der Waals surface area contributed by atoms with E-state index in [1.165, 1.54) is 12.1 Å². The highest BCUT2D eigenvalue weighted by Gasteiger charge is 2.11. The van der Waals surface area contributed by atoms with Gasteiger partial charge in [-0.25, -0.2) is 4.79 Å². The fourth-order valence-corrected chi connectivity index (χ4v) is 3.65. The van der Waals surface area contributed by atoms with Crippen LogP contribution in [-0.4, -0.2) is 22.4 Å². The summed E-state index contributed by atoms with van der Waals surface area (Å²) < 4.78 is 18.1. The number of carbonyl (C=O) groups is 1. The zero-order valence-corrected chi connectivity index (χ0v) is 13.6. The van der Waals surface area contributed by atoms with Gasteiger partial charge in [0.2, 0.25) is 0 Å². The largest absolute Gasteiger partial charge is 0.497 e. The maximum atomic E-state index is 12.4. The van der Waals surface area contributed by atoms with E-state index in [0.717, 1.165) is 5.56 Å². The monoisotopic (exact) mass is 368 g/mol. The molecule has 0 bridgehead atoms. The SMILES string of the molecule is COc1cccc(S(=O)Cc2ccc(C(=O)O)cc2Br)c1. The van der Waals surface area contributed by atoms with Gasteiger partial charge in [0.1, 0.15) is 5.75 Å². The van der Waals surface area contributed by atoms with Gasteiger partial charge in [0, 0.05) is 9.37 Å². The number of benzene rings is 2. The fourth-order valence-electron chi connectivity index (χ4n) is 1.76. The number of hydrogen-bond acceptors (Lipinski definition) is 3. The normalized spacial score (nSPS) is 11.9. The van der Waals surface area contributed by atoms with Crippen molar-refractivity contribution in [3.63, 3.8) is 0 Å². The highest BCUT2D eigenvalue weighted by atomic mass is 79.9. The van der Waals surface area contributed by atoms with Crippen LogP contribution in [0.1, 0.15) is 15.9 Å². The summed E-state index contributed by atoms with van der Waals surface area (Å²) in [6, 6.07) is 11.8. The minimum atomic E-state index is -1.23. The molecule has 0 spiro atoms. The predicted octanol–water partition coefficient (Wildman–Crippen LogP) is 3.46. The van der Waals surface area contributed by atoms with Crippen molar-refractivity contribution in [2.75, 3.05) is 7.11 Å². The predicted molar refractivity (Wildman–Crippen MR) is 84.2 cm³/mol. The van der Waals surface area contributed by atoms with E-state index < -0.39 is 16.8 Å². The molecule has 0 aromatic heterocycles. The van der Waals surface area contributed by atoms with Gasteiger partial charge in [-0.3, -0.25) is 4.21 Å². The van der Waals surface area contributed by atoms with E-state index in [2.05, 4.69) is 15.9 Å². The summed E-state index contributed by atoms with van der Waals surface area (Å²) >= 11 is 3.32. The van der Waals surface area contributed by atoms with Crippen molar-refractivity contribution in [1.82, 2.24) is 0 Å². The van der Waals surface area contributed by atoms with Crippen LogP contribution in [0.15, 0.2) is 51.8 Å². The number of carboxylic acids is 1. The summed E-state index contributed by atoms with van der Waals surface area (Å²) in [7, 11) is 0.327. The minimum Gasteiger partial charge on any atom is -0.497 e. The minimum absolute atomic E-state index is 0.192. The van der Waals surface area contributed by atoms with E-state index in [4.69, 9.17) is 9.84 Å². The molecule has 2 aromatic carbocycles. The Kier molecular flexibility index (Phi) is 5.14. The zero-order valence-electron chi connectivity index (χ0n) is 11.2. The first kappa shape index (κ1) is 15.7. The molecule has 0 radical (unpaired) electrons. The van der Waals surface area contributed by atoms with E-state index in [1.54, 1.807) is 37.4 Å². The summed E-state index contributed by atoms with van der Waals surface area (Å²) in [4.78, 5) is 11.6. The van der Waals surface area contributed by atoms with Crippen LogP contribution >= 0.6 is 15.9 Å². The maximum absolute atomic E-state index is 12.4. The van der Waals surface area contributed by atoms with Crippen LogP contribution in [0, 0.1) is 0 Å². The molecule has 4 nitrogen and oxygen atoms in total. The molecule has 0 aliphatic carbocycles. The van der Waals surface area contributed by atoms with Gasteiger partial charge in [-0.05, 0) is 35.9 Å². The molecular weight excluding hydrogens is 356 g/mol. The van der Waals surface area contributed by atoms with Crippen LogP contribution in [0.2, 0.25) is 0 Å². The topological polar surface area (TPSA) is 63.6 Å². The Bertz CT molecular complexity index is 700. The molecule has 1 unspecified atom stereocenters. The Labute approximate surface area is 133 Å². The third-order valence-corrected chi connectivity index (χ3v) is 4.98. The average molecular weight is 369 g/mol. The fraction of sp³-hybridized carbons (Fsp3) is 0.133. The van der Waals surface area contributed by atoms with E-state index in [0.29, 0.717) is 20.9 Å². The standard InChI is InChI=1S/C15H13BrO4S/c1-20-12-3-2-4-13(8-12)21(19)9-11-6-5-10(15(17)18)7-14(11)16/h2-8H,9H2,1H3,(H,17,18). The molecule has 0 saturated heterocycles. The average Bonchev–Trinajstić information content (AvgIpc) is 2.49. The van der Waals surface area contributed by atoms with Crippen molar-refractivity contribution in [1.29, 1.82) is 0 Å². The van der Waals surface area contributed by atoms with E-state index in [1.807, 2.05) is 0 Å². The molecule has 6 heteroatoms. The van der Waals surface area contributed by atoms with Gasteiger partial charge in [-0.1, -0.05) is 28.1 Å². The molecule has 21 heavy (non-hydrogen) atoms. The van der Waals surface area contributed by atoms with Gasteiger partial charge >= 0.3 is 5.97 Å². The molecule has 1 N–H and O–H groups in total. The Hall–Kier alpha value is -1.66. The quantitative estimate of drug-likeness (QED) is 0.877. The van der Waals surface area contributed by atoms with Crippen LogP contribution < -0.4 is 4.74 Å². The van der Waals surface area contributed by atoms with Crippen LogP contribution in [-0.2, 0) is 16.6 Å². The summed E-state index contributed by atoms with van der Waals surface area (Å²) in [6.45, 7) is 0. The van der Waals surface area contributed by atoms with Crippen molar-refractivity contribution in [3.05, 3.63) is 58.1 Å². The number of hydrogen-bond donors (Lipinski definition) is 1. The zero-order chi connectivity index (χ0) is 15.4. The lowest BCUT2D eigenvalue weighted by atomic mass is 10.1. The van der Waals surface area contributed by atoms with Crippen molar-refractivity contribution in [3.8, 4) is 5.75 Å². The number of methoxy groups -OCH3 is 1. The summed E-state index contributed by atoms with van der Waals surface area (Å²) in [5.41, 5.74) is 0.985. The first-order valence-corrected chi connectivity index (χ1v) is 8.16. The summed E-state index contributed by atoms with van der Waals surface area (Å²) in [6.07, 6.45) is 0. The molecule has 0 aliphatic rings. The first-order valence-electron chi connectivity index (χ1n) is 6.05. The second kappa shape index (κ2) is 6.87. The van der Waals surface area contributed by atoms with Crippen LogP contribution in [0.3, 0.4) is 0 Å². The third kappa shape index (κ3) is 3.92. The Morgan fingerprint density at radius 2 is 2.05 bits per heavy atom. The van der Waals surface area contributed by atoms with Crippen molar-refractivity contribution < 1.29 is 18.8 Å². The second-order valence-corrected chi connectivity index (χ2v) is 6.59. The molecule has 0 amide bonds. The maximum Gasteiger partial charge on any atom is 0.335 e. The third-order valence-electron chi connectivity index (χ3n) is 2.89. The molecule has 110 valence electrons. The lowest BCUT2D eigenvalue weighted by molar-refractivity contribution is 0.0697. The van der Waals surface area contributed by atoms with E-state index >= 15 is 0 Å². The Morgan fingerprint density at radius 1 is 1.29 bits per heavy atom. The van der Waals surface area contributed by atoms with Gasteiger partial charge in [-0.2, -0.15) is 0 Å². The molecule has 1 atom stereocenters. The second-order valence-electron chi connectivity index (χ2n) is 4.28. The van der Waals surface area contributed by atoms with Gasteiger partial charge in [-0.15, -0.1) is 0 Å². The van der Waals surface area contributed by atoms with Gasteiger partial charge in [0.25, 0.3) is 0 Å². The van der Waals surface area contributed by atoms with Gasteiger partial charge in [0.15, 0.2) is 0 Å². The highest BCUT2D eigenvalue weighted by molar-refractivity contribution is 9.10. The van der Waals surface area contributed by atoms with E-state index in [9.17, 15) is 9.00 Å². The van der Waals surface area contributed by atoms with Crippen LogP contribution in [0.25, 0.3) is 0 Å². The first-order chi connectivity index (χ1) is 10.0. The van der Waals surface area contributed by atoms with Gasteiger partial charge < -0.3 is 9.84 Å². The molecule has 2 rings (SSSR count). The smallest absolute Gasteiger partial charge is 0.335 e. The molecular formula is C15H13BrO4S. The summed E-state index contributed by atoms with van der Waals surface area (Å²) in [5, 5.41) is 8.92. The molecule has 0 aliphatic heterocycles. The Balaban J connectivity index is 2.21. The van der Waals surface area contributed by atoms with Crippen LogP contribution in [0.5, 0.6) is 5.75 Å². The van der Waals surface area contributed by atoms with Crippen molar-refractivity contribution in [2.24, 2.45) is 0 Å². The van der Waals surface area contributed by atoms with E-state index in [-0.39, 0.29) is 5.56 Å². The Morgan fingerprint density at radius 3 is 2.67 bits per heavy atom. The van der Waals surface area contributed by atoms with Gasteiger partial charge in [0.05, 0.1) is 29.2 Å². The lowest BCUT2D eigenvalue weighted by Crippen LogP contribution is -2.01. The molecule has 0 fully saturated rings. The lowest BCUT2D eigenvalue weighted by Gasteiger charge is -2.07. The number of rotatable bonds is 5. The molecule has 0 saturated carbocycles. The van der Waals surface area contributed by atoms with Crippen molar-refractivity contribution in [2.45, 2.75) is 10.6 Å². The number of halogens is 1.